The van der Waals surface area contributed by atoms with Gasteiger partial charge in [0.05, 0.1) is 12.0 Å². The lowest BCUT2D eigenvalue weighted by Gasteiger charge is -2.37. The number of nitrogens with zero attached hydrogens (tertiary/aromatic N) is 1. The molecule has 1 aromatic carbocycles. The van der Waals surface area contributed by atoms with Gasteiger partial charge < -0.3 is 10.1 Å². The van der Waals surface area contributed by atoms with Crippen molar-refractivity contribution in [2.24, 2.45) is 5.92 Å². The molecule has 21 heavy (non-hydrogen) atoms. The molecule has 2 atom stereocenters. The normalized spacial score (nSPS) is 24.0. The largest absolute Gasteiger partial charge is 0.497 e. The van der Waals surface area contributed by atoms with Crippen molar-refractivity contribution < 1.29 is 13.2 Å². The first-order valence-corrected chi connectivity index (χ1v) is 8.78. The van der Waals surface area contributed by atoms with Crippen LogP contribution in [-0.2, 0) is 10.0 Å². The van der Waals surface area contributed by atoms with Gasteiger partial charge in [-0.05, 0) is 43.7 Å². The Labute approximate surface area is 127 Å². The highest BCUT2D eigenvalue weighted by Gasteiger charge is 2.34. The fourth-order valence-electron chi connectivity index (χ4n) is 2.91. The predicted molar refractivity (Wildman–Crippen MR) is 83.0 cm³/mol. The highest BCUT2D eigenvalue weighted by Crippen LogP contribution is 2.26. The molecule has 0 aliphatic carbocycles. The standard InChI is InChI=1S/C15H24N2O3S/c1-4-12-11-17(10-9-15(12)16-2)21(18,19)14-7-5-13(20-3)6-8-14/h5-8,12,15-16H,4,9-11H2,1-3H3. The Hall–Kier alpha value is -1.11. The number of benzene rings is 1. The molecule has 0 saturated carbocycles. The van der Waals surface area contributed by atoms with Crippen LogP contribution < -0.4 is 10.1 Å². The van der Waals surface area contributed by atoms with Crippen LogP contribution >= 0.6 is 0 Å². The molecule has 118 valence electrons. The number of rotatable bonds is 5. The lowest BCUT2D eigenvalue weighted by atomic mass is 9.91. The maximum absolute atomic E-state index is 12.7. The first kappa shape index (κ1) is 16.3. The van der Waals surface area contributed by atoms with Gasteiger partial charge in [-0.1, -0.05) is 13.3 Å². The molecule has 6 heteroatoms. The highest BCUT2D eigenvalue weighted by atomic mass is 32.2. The molecular weight excluding hydrogens is 288 g/mol. The van der Waals surface area contributed by atoms with Crippen molar-refractivity contribution in [1.29, 1.82) is 0 Å². The van der Waals surface area contributed by atoms with Gasteiger partial charge in [-0.25, -0.2) is 8.42 Å². The van der Waals surface area contributed by atoms with Gasteiger partial charge in [-0.15, -0.1) is 0 Å². The van der Waals surface area contributed by atoms with Gasteiger partial charge in [0, 0.05) is 19.1 Å². The Balaban J connectivity index is 2.19. The van der Waals surface area contributed by atoms with Crippen LogP contribution in [0.2, 0.25) is 0 Å². The van der Waals surface area contributed by atoms with E-state index in [1.54, 1.807) is 35.7 Å². The molecule has 1 aliphatic rings. The number of sulfonamides is 1. The van der Waals surface area contributed by atoms with Gasteiger partial charge in [0.25, 0.3) is 0 Å². The van der Waals surface area contributed by atoms with Crippen LogP contribution in [0.25, 0.3) is 0 Å². The molecular formula is C15H24N2O3S. The molecule has 1 heterocycles. The predicted octanol–water partition coefficient (Wildman–Crippen LogP) is 1.70. The Morgan fingerprint density at radius 2 is 2.00 bits per heavy atom. The van der Waals surface area contributed by atoms with Gasteiger partial charge in [0.2, 0.25) is 10.0 Å². The van der Waals surface area contributed by atoms with E-state index in [4.69, 9.17) is 4.74 Å². The van der Waals surface area contributed by atoms with E-state index < -0.39 is 10.0 Å². The molecule has 0 spiro atoms. The highest BCUT2D eigenvalue weighted by molar-refractivity contribution is 7.89. The van der Waals surface area contributed by atoms with E-state index in [1.165, 1.54) is 0 Å². The van der Waals surface area contributed by atoms with Gasteiger partial charge in [0.15, 0.2) is 0 Å². The van der Waals surface area contributed by atoms with E-state index in [2.05, 4.69) is 12.2 Å². The minimum absolute atomic E-state index is 0.334. The molecule has 0 aromatic heterocycles. The number of ether oxygens (including phenoxy) is 1. The quantitative estimate of drug-likeness (QED) is 0.899. The number of hydrogen-bond acceptors (Lipinski definition) is 4. The summed E-state index contributed by atoms with van der Waals surface area (Å²) in [4.78, 5) is 0.334. The SMILES string of the molecule is CCC1CN(S(=O)(=O)c2ccc(OC)cc2)CCC1NC. The molecule has 5 nitrogen and oxygen atoms in total. The van der Waals surface area contributed by atoms with Gasteiger partial charge in [-0.2, -0.15) is 4.31 Å². The first-order chi connectivity index (χ1) is 10.0. The van der Waals surface area contributed by atoms with E-state index in [9.17, 15) is 8.42 Å². The van der Waals surface area contributed by atoms with Crippen molar-refractivity contribution in [3.05, 3.63) is 24.3 Å². The van der Waals surface area contributed by atoms with Crippen LogP contribution in [0, 0.1) is 5.92 Å². The van der Waals surface area contributed by atoms with Crippen molar-refractivity contribution >= 4 is 10.0 Å². The zero-order valence-electron chi connectivity index (χ0n) is 12.9. The maximum Gasteiger partial charge on any atom is 0.243 e. The van der Waals surface area contributed by atoms with E-state index in [-0.39, 0.29) is 0 Å². The number of piperidine rings is 1. The lowest BCUT2D eigenvalue weighted by Crippen LogP contribution is -2.49. The summed E-state index contributed by atoms with van der Waals surface area (Å²) in [5.41, 5.74) is 0. The zero-order chi connectivity index (χ0) is 15.5. The van der Waals surface area contributed by atoms with Crippen molar-refractivity contribution in [2.45, 2.75) is 30.7 Å². The molecule has 0 radical (unpaired) electrons. The minimum Gasteiger partial charge on any atom is -0.497 e. The average molecular weight is 312 g/mol. The fourth-order valence-corrected chi connectivity index (χ4v) is 4.42. The van der Waals surface area contributed by atoms with E-state index in [0.29, 0.717) is 35.7 Å². The topological polar surface area (TPSA) is 58.6 Å². The summed E-state index contributed by atoms with van der Waals surface area (Å²) in [6.07, 6.45) is 1.82. The summed E-state index contributed by atoms with van der Waals surface area (Å²) in [5.74, 6) is 1.02. The molecule has 1 saturated heterocycles. The van der Waals surface area contributed by atoms with Gasteiger partial charge in [-0.3, -0.25) is 0 Å². The van der Waals surface area contributed by atoms with Crippen LogP contribution in [0.1, 0.15) is 19.8 Å². The Bertz CT molecular complexity index is 557. The zero-order valence-corrected chi connectivity index (χ0v) is 13.7. The Morgan fingerprint density at radius 3 is 2.52 bits per heavy atom. The lowest BCUT2D eigenvalue weighted by molar-refractivity contribution is 0.209. The van der Waals surface area contributed by atoms with Gasteiger partial charge >= 0.3 is 0 Å². The molecule has 2 unspecified atom stereocenters. The maximum atomic E-state index is 12.7. The molecule has 0 bridgehead atoms. The molecule has 0 amide bonds. The van der Waals surface area contributed by atoms with E-state index in [0.717, 1.165) is 12.8 Å². The third-order valence-corrected chi connectivity index (χ3v) is 6.17. The van der Waals surface area contributed by atoms with Crippen LogP contribution in [0.3, 0.4) is 0 Å². The second-order valence-corrected chi connectivity index (χ2v) is 7.33. The molecule has 1 fully saturated rings. The monoisotopic (exact) mass is 312 g/mol. The van der Waals surface area contributed by atoms with Crippen molar-refractivity contribution in [1.82, 2.24) is 9.62 Å². The summed E-state index contributed by atoms with van der Waals surface area (Å²) in [6.45, 7) is 3.26. The van der Waals surface area contributed by atoms with Crippen LogP contribution in [0.5, 0.6) is 5.75 Å². The summed E-state index contributed by atoms with van der Waals surface area (Å²) in [7, 11) is 0.101. The molecule has 1 N–H and O–H groups in total. The van der Waals surface area contributed by atoms with E-state index >= 15 is 0 Å². The first-order valence-electron chi connectivity index (χ1n) is 7.34. The summed E-state index contributed by atoms with van der Waals surface area (Å²) >= 11 is 0. The van der Waals surface area contributed by atoms with Crippen molar-refractivity contribution in [2.75, 3.05) is 27.2 Å². The Morgan fingerprint density at radius 1 is 1.33 bits per heavy atom. The second-order valence-electron chi connectivity index (χ2n) is 5.39. The summed E-state index contributed by atoms with van der Waals surface area (Å²) in [5, 5.41) is 3.29. The number of hydrogen-bond donors (Lipinski definition) is 1. The van der Waals surface area contributed by atoms with Crippen molar-refractivity contribution in [3.63, 3.8) is 0 Å². The number of methoxy groups -OCH3 is 1. The molecule has 1 aromatic rings. The summed E-state index contributed by atoms with van der Waals surface area (Å²) in [6, 6.07) is 6.99. The third-order valence-electron chi connectivity index (χ3n) is 4.29. The van der Waals surface area contributed by atoms with Crippen molar-refractivity contribution in [3.8, 4) is 5.75 Å². The molecule has 1 aliphatic heterocycles. The van der Waals surface area contributed by atoms with Crippen LogP contribution in [0.15, 0.2) is 29.2 Å². The van der Waals surface area contributed by atoms with Crippen LogP contribution in [-0.4, -0.2) is 46.0 Å². The molecule has 2 rings (SSSR count). The van der Waals surface area contributed by atoms with Gasteiger partial charge in [0.1, 0.15) is 5.75 Å². The second kappa shape index (κ2) is 6.77. The Kier molecular flexibility index (Phi) is 5.24. The van der Waals surface area contributed by atoms with E-state index in [1.807, 2.05) is 7.05 Å². The van der Waals surface area contributed by atoms with Crippen LogP contribution in [0.4, 0.5) is 0 Å². The number of nitrogens with one attached hydrogen (secondary N) is 1. The fraction of sp³-hybridized carbons (Fsp3) is 0.600. The summed E-state index contributed by atoms with van der Waals surface area (Å²) < 4.78 is 32.1. The minimum atomic E-state index is -3.41. The third kappa shape index (κ3) is 3.39. The smallest absolute Gasteiger partial charge is 0.243 e. The average Bonchev–Trinajstić information content (AvgIpc) is 2.54.